The zero-order chi connectivity index (χ0) is 15.2. The van der Waals surface area contributed by atoms with Gasteiger partial charge in [-0.25, -0.2) is 4.39 Å². The van der Waals surface area contributed by atoms with Gasteiger partial charge in [0.2, 0.25) is 0 Å². The van der Waals surface area contributed by atoms with E-state index >= 15 is 0 Å². The Morgan fingerprint density at radius 1 is 1.24 bits per heavy atom. The molecular weight excluding hydrogens is 335 g/mol. The van der Waals surface area contributed by atoms with E-state index in [4.69, 9.17) is 4.74 Å². The van der Waals surface area contributed by atoms with Crippen molar-refractivity contribution in [2.75, 3.05) is 6.61 Å². The molecule has 0 saturated heterocycles. The molecule has 0 saturated carbocycles. The fourth-order valence-electron chi connectivity index (χ4n) is 2.04. The third-order valence-corrected chi connectivity index (χ3v) is 3.64. The Labute approximate surface area is 132 Å². The molecule has 1 N–H and O–H groups in total. The quantitative estimate of drug-likeness (QED) is 0.819. The van der Waals surface area contributed by atoms with E-state index < -0.39 is 6.10 Å². The first kappa shape index (κ1) is 16.0. The highest BCUT2D eigenvalue weighted by Gasteiger charge is 2.12. The van der Waals surface area contributed by atoms with Crippen LogP contribution in [0.25, 0.3) is 0 Å². The molecule has 0 spiro atoms. The number of aliphatic hydroxyl groups excluding tert-OH is 1. The van der Waals surface area contributed by atoms with Crippen molar-refractivity contribution < 1.29 is 14.2 Å². The van der Waals surface area contributed by atoms with E-state index in [-0.39, 0.29) is 12.2 Å². The van der Waals surface area contributed by atoms with Crippen molar-refractivity contribution in [1.82, 2.24) is 0 Å². The number of hydrogen-bond donors (Lipinski definition) is 1. The molecule has 2 aromatic carbocycles. The molecule has 0 heterocycles. The van der Waals surface area contributed by atoms with Gasteiger partial charge in [-0.15, -0.1) is 0 Å². The Kier molecular flexibility index (Phi) is 5.76. The summed E-state index contributed by atoms with van der Waals surface area (Å²) in [6, 6.07) is 12.2. The zero-order valence-electron chi connectivity index (χ0n) is 11.9. The van der Waals surface area contributed by atoms with Crippen molar-refractivity contribution in [2.24, 2.45) is 0 Å². The molecule has 4 heteroatoms. The van der Waals surface area contributed by atoms with Gasteiger partial charge in [0.15, 0.2) is 0 Å². The summed E-state index contributed by atoms with van der Waals surface area (Å²) < 4.78 is 20.0. The molecule has 0 aliphatic heterocycles. The van der Waals surface area contributed by atoms with Gasteiger partial charge < -0.3 is 9.84 Å². The van der Waals surface area contributed by atoms with Crippen LogP contribution in [0.2, 0.25) is 0 Å². The normalized spacial score (nSPS) is 12.2. The summed E-state index contributed by atoms with van der Waals surface area (Å²) in [5.41, 5.74) is 1.22. The smallest absolute Gasteiger partial charge is 0.127 e. The summed E-state index contributed by atoms with van der Waals surface area (Å²) in [5.74, 6) is 0.409. The molecule has 0 aromatic heterocycles. The average Bonchev–Trinajstić information content (AvgIpc) is 2.48. The lowest BCUT2D eigenvalue weighted by Crippen LogP contribution is -2.04. The van der Waals surface area contributed by atoms with E-state index in [9.17, 15) is 9.50 Å². The van der Waals surface area contributed by atoms with Gasteiger partial charge in [0.1, 0.15) is 11.6 Å². The molecule has 0 fully saturated rings. The standard InChI is InChI=1S/C17H18BrFO2/c1-2-8-21-15-5-3-4-13(9-15)17(20)10-12-6-7-14(18)11-16(12)19/h3-7,9,11,17,20H,2,8,10H2,1H3. The van der Waals surface area contributed by atoms with Crippen LogP contribution in [0.4, 0.5) is 4.39 Å². The largest absolute Gasteiger partial charge is 0.494 e. The van der Waals surface area contributed by atoms with Gasteiger partial charge in [0.05, 0.1) is 12.7 Å². The second kappa shape index (κ2) is 7.57. The van der Waals surface area contributed by atoms with Gasteiger partial charge in [0.25, 0.3) is 0 Å². The van der Waals surface area contributed by atoms with Crippen molar-refractivity contribution in [3.63, 3.8) is 0 Å². The Morgan fingerprint density at radius 3 is 2.76 bits per heavy atom. The monoisotopic (exact) mass is 352 g/mol. The van der Waals surface area contributed by atoms with Crippen LogP contribution in [-0.4, -0.2) is 11.7 Å². The summed E-state index contributed by atoms with van der Waals surface area (Å²) in [6.07, 6.45) is 0.401. The van der Waals surface area contributed by atoms with Crippen LogP contribution in [-0.2, 0) is 6.42 Å². The molecule has 0 bridgehead atoms. The molecule has 2 nitrogen and oxygen atoms in total. The lowest BCUT2D eigenvalue weighted by molar-refractivity contribution is 0.176. The fourth-order valence-corrected chi connectivity index (χ4v) is 2.38. The van der Waals surface area contributed by atoms with Crippen LogP contribution in [0.15, 0.2) is 46.9 Å². The second-order valence-corrected chi connectivity index (χ2v) is 5.79. The van der Waals surface area contributed by atoms with Gasteiger partial charge >= 0.3 is 0 Å². The second-order valence-electron chi connectivity index (χ2n) is 4.88. The Morgan fingerprint density at radius 2 is 2.05 bits per heavy atom. The van der Waals surface area contributed by atoms with Crippen molar-refractivity contribution in [3.05, 3.63) is 63.9 Å². The minimum absolute atomic E-state index is 0.232. The van der Waals surface area contributed by atoms with Gasteiger partial charge in [-0.1, -0.05) is 41.1 Å². The topological polar surface area (TPSA) is 29.5 Å². The van der Waals surface area contributed by atoms with E-state index in [1.54, 1.807) is 18.2 Å². The highest BCUT2D eigenvalue weighted by Crippen LogP contribution is 2.24. The van der Waals surface area contributed by atoms with Crippen molar-refractivity contribution in [3.8, 4) is 5.75 Å². The van der Waals surface area contributed by atoms with Crippen LogP contribution in [0.5, 0.6) is 5.75 Å². The molecule has 1 unspecified atom stereocenters. The van der Waals surface area contributed by atoms with Gasteiger partial charge in [-0.2, -0.15) is 0 Å². The van der Waals surface area contributed by atoms with Crippen LogP contribution in [0, 0.1) is 5.82 Å². The molecule has 2 rings (SSSR count). The molecule has 0 aliphatic rings. The van der Waals surface area contributed by atoms with Crippen molar-refractivity contribution in [2.45, 2.75) is 25.9 Å². The van der Waals surface area contributed by atoms with E-state index in [1.165, 1.54) is 6.07 Å². The van der Waals surface area contributed by atoms with E-state index in [2.05, 4.69) is 15.9 Å². The van der Waals surface area contributed by atoms with E-state index in [0.717, 1.165) is 17.7 Å². The molecular formula is C17H18BrFO2. The zero-order valence-corrected chi connectivity index (χ0v) is 13.4. The van der Waals surface area contributed by atoms with E-state index in [1.807, 2.05) is 25.1 Å². The van der Waals surface area contributed by atoms with E-state index in [0.29, 0.717) is 16.6 Å². The Balaban J connectivity index is 2.10. The van der Waals surface area contributed by atoms with Crippen LogP contribution in [0.1, 0.15) is 30.6 Å². The average molecular weight is 353 g/mol. The Bertz CT molecular complexity index is 601. The first-order valence-electron chi connectivity index (χ1n) is 6.95. The SMILES string of the molecule is CCCOc1cccc(C(O)Cc2ccc(Br)cc2F)c1. The van der Waals surface area contributed by atoms with Crippen molar-refractivity contribution in [1.29, 1.82) is 0 Å². The summed E-state index contributed by atoms with van der Waals surface area (Å²) in [5, 5.41) is 10.3. The molecule has 0 aliphatic carbocycles. The third-order valence-electron chi connectivity index (χ3n) is 3.14. The lowest BCUT2D eigenvalue weighted by Gasteiger charge is -2.13. The molecule has 21 heavy (non-hydrogen) atoms. The number of aliphatic hydroxyl groups is 1. The number of hydrogen-bond acceptors (Lipinski definition) is 2. The van der Waals surface area contributed by atoms with Crippen LogP contribution in [0.3, 0.4) is 0 Å². The van der Waals surface area contributed by atoms with Gasteiger partial charge in [0, 0.05) is 10.9 Å². The number of ether oxygens (including phenoxy) is 1. The minimum atomic E-state index is -0.758. The summed E-state index contributed by atoms with van der Waals surface area (Å²) in [6.45, 7) is 2.68. The van der Waals surface area contributed by atoms with Gasteiger partial charge in [-0.05, 0) is 41.8 Å². The van der Waals surface area contributed by atoms with Crippen LogP contribution >= 0.6 is 15.9 Å². The predicted octanol–water partition coefficient (Wildman–Crippen LogP) is 4.65. The summed E-state index contributed by atoms with van der Waals surface area (Å²) >= 11 is 3.22. The maximum absolute atomic E-state index is 13.8. The number of benzene rings is 2. The molecule has 1 atom stereocenters. The summed E-state index contributed by atoms with van der Waals surface area (Å²) in [4.78, 5) is 0. The van der Waals surface area contributed by atoms with Crippen LogP contribution < -0.4 is 4.74 Å². The number of rotatable bonds is 6. The first-order valence-corrected chi connectivity index (χ1v) is 7.74. The maximum atomic E-state index is 13.8. The summed E-state index contributed by atoms with van der Waals surface area (Å²) in [7, 11) is 0. The minimum Gasteiger partial charge on any atom is -0.494 e. The molecule has 0 radical (unpaired) electrons. The first-order chi connectivity index (χ1) is 10.1. The fraction of sp³-hybridized carbons (Fsp3) is 0.294. The predicted molar refractivity (Wildman–Crippen MR) is 85.0 cm³/mol. The van der Waals surface area contributed by atoms with Crippen molar-refractivity contribution >= 4 is 15.9 Å². The number of halogens is 2. The molecule has 0 amide bonds. The molecule has 2 aromatic rings. The lowest BCUT2D eigenvalue weighted by atomic mass is 10.0. The molecule has 112 valence electrons. The highest BCUT2D eigenvalue weighted by molar-refractivity contribution is 9.10. The Hall–Kier alpha value is -1.39. The highest BCUT2D eigenvalue weighted by atomic mass is 79.9. The maximum Gasteiger partial charge on any atom is 0.127 e. The third kappa shape index (κ3) is 4.55. The van der Waals surface area contributed by atoms with Gasteiger partial charge in [-0.3, -0.25) is 0 Å².